The van der Waals surface area contributed by atoms with Crippen molar-refractivity contribution >= 4 is 34.4 Å². The fourth-order valence-corrected chi connectivity index (χ4v) is 4.87. The van der Waals surface area contributed by atoms with E-state index in [1.165, 1.54) is 18.2 Å². The topological polar surface area (TPSA) is 142 Å². The summed E-state index contributed by atoms with van der Waals surface area (Å²) < 4.78 is 23.9. The number of primary amides is 1. The van der Waals surface area contributed by atoms with Crippen LogP contribution in [0, 0.1) is 5.82 Å². The molecule has 11 nitrogen and oxygen atoms in total. The third kappa shape index (κ3) is 7.62. The molecule has 1 aromatic carbocycles. The Kier molecular flexibility index (Phi) is 9.48. The predicted octanol–water partition coefficient (Wildman–Crippen LogP) is 2.00. The number of carbonyl (C=O) groups excluding carboxylic acids is 3. The Bertz CT molecular complexity index is 1150. The number of halogens is 1. The second-order valence-electron chi connectivity index (χ2n) is 9.42. The molecule has 4 rings (SSSR count). The van der Waals surface area contributed by atoms with Gasteiger partial charge in [0.15, 0.2) is 0 Å². The number of aromatic nitrogens is 1. The average molecular weight is 548 g/mol. The Morgan fingerprint density at radius 3 is 2.61 bits per heavy atom. The van der Waals surface area contributed by atoms with Crippen molar-refractivity contribution < 1.29 is 23.5 Å². The van der Waals surface area contributed by atoms with E-state index in [0.717, 1.165) is 70.1 Å². The zero-order valence-corrected chi connectivity index (χ0v) is 22.2. The lowest BCUT2D eigenvalue weighted by Gasteiger charge is -2.33. The number of nitrogens with two attached hydrogens (primary N) is 1. The van der Waals surface area contributed by atoms with Crippen molar-refractivity contribution in [1.29, 1.82) is 0 Å². The summed E-state index contributed by atoms with van der Waals surface area (Å²) in [7, 11) is 0. The van der Waals surface area contributed by atoms with Gasteiger partial charge < -0.3 is 30.9 Å². The van der Waals surface area contributed by atoms with Gasteiger partial charge in [-0.05, 0) is 61.6 Å². The molecule has 2 heterocycles. The third-order valence-electron chi connectivity index (χ3n) is 6.55. The van der Waals surface area contributed by atoms with Gasteiger partial charge in [0.1, 0.15) is 23.0 Å². The summed E-state index contributed by atoms with van der Waals surface area (Å²) in [5, 5.41) is 8.33. The highest BCUT2D eigenvalue weighted by molar-refractivity contribution is 7.11. The van der Waals surface area contributed by atoms with Crippen LogP contribution in [0.1, 0.15) is 52.5 Å². The lowest BCUT2D eigenvalue weighted by molar-refractivity contribution is 0.0945. The normalized spacial score (nSPS) is 16.2. The molecule has 1 saturated heterocycles. The second-order valence-corrected chi connectivity index (χ2v) is 10.2. The number of rotatable bonds is 12. The van der Waals surface area contributed by atoms with Gasteiger partial charge in [0.05, 0.1) is 5.56 Å². The van der Waals surface area contributed by atoms with Crippen LogP contribution in [-0.4, -0.2) is 83.9 Å². The smallest absolute Gasteiger partial charge is 0.319 e. The third-order valence-corrected chi connectivity index (χ3v) is 7.29. The van der Waals surface area contributed by atoms with Crippen molar-refractivity contribution in [3.8, 4) is 5.88 Å². The lowest BCUT2D eigenvalue weighted by atomic mass is 10.1. The van der Waals surface area contributed by atoms with E-state index in [1.54, 1.807) is 0 Å². The number of hydrogen-bond acceptors (Lipinski definition) is 8. The number of hydrogen-bond donors (Lipinski definition) is 4. The van der Waals surface area contributed by atoms with Crippen LogP contribution in [0.3, 0.4) is 0 Å². The summed E-state index contributed by atoms with van der Waals surface area (Å²) in [6.45, 7) is 8.72. The van der Waals surface area contributed by atoms with Crippen molar-refractivity contribution in [3.05, 3.63) is 40.7 Å². The highest BCUT2D eigenvalue weighted by Crippen LogP contribution is 2.31. The number of benzene rings is 1. The lowest BCUT2D eigenvalue weighted by Crippen LogP contribution is -2.46. The van der Waals surface area contributed by atoms with Gasteiger partial charge in [0.25, 0.3) is 11.8 Å². The Morgan fingerprint density at radius 2 is 1.92 bits per heavy atom. The fourth-order valence-electron chi connectivity index (χ4n) is 4.14. The van der Waals surface area contributed by atoms with E-state index in [-0.39, 0.29) is 34.7 Å². The first-order chi connectivity index (χ1) is 18.3. The van der Waals surface area contributed by atoms with E-state index in [0.29, 0.717) is 12.1 Å². The highest BCUT2D eigenvalue weighted by Gasteiger charge is 2.26. The van der Waals surface area contributed by atoms with E-state index in [1.807, 2.05) is 0 Å². The molecule has 1 aliphatic carbocycles. The van der Waals surface area contributed by atoms with E-state index >= 15 is 0 Å². The predicted molar refractivity (Wildman–Crippen MR) is 142 cm³/mol. The number of nitrogens with one attached hydrogen (secondary N) is 3. The monoisotopic (exact) mass is 547 g/mol. The van der Waals surface area contributed by atoms with E-state index < -0.39 is 23.7 Å². The molecule has 38 heavy (non-hydrogen) atoms. The Balaban J connectivity index is 1.27. The van der Waals surface area contributed by atoms with Crippen LogP contribution in [0.4, 0.5) is 14.2 Å². The Hall–Kier alpha value is -3.29. The SMILES string of the molecule is CCN1CCN(CCCNC(=O)Nc2snc(OCc3ccc(F)c(C(=O)NC4CC4)c3)c2C(N)=O)CC1. The molecular weight excluding hydrogens is 513 g/mol. The molecule has 2 aromatic rings. The number of carbonyl (C=O) groups is 3. The molecule has 2 aliphatic rings. The standard InChI is InChI=1S/C25H34FN7O4S/c1-2-32-10-12-33(13-11-32)9-3-8-28-25(36)30-24-20(21(27)34)23(31-38-24)37-15-16-4-7-19(26)18(14-16)22(35)29-17-5-6-17/h4,7,14,17H,2-3,5-6,8-13,15H2,1H3,(H2,27,34)(H,29,35)(H2,28,30,36). The molecule has 206 valence electrons. The van der Waals surface area contributed by atoms with Gasteiger partial charge in [0, 0.05) is 38.8 Å². The number of nitrogens with zero attached hydrogens (tertiary/aromatic N) is 3. The van der Waals surface area contributed by atoms with E-state index in [2.05, 4.69) is 37.0 Å². The Morgan fingerprint density at radius 1 is 1.18 bits per heavy atom. The molecule has 0 unspecified atom stereocenters. The van der Waals surface area contributed by atoms with Gasteiger partial charge in [-0.2, -0.15) is 4.37 Å². The fraction of sp³-hybridized carbons (Fsp3) is 0.520. The van der Waals surface area contributed by atoms with E-state index in [9.17, 15) is 18.8 Å². The summed E-state index contributed by atoms with van der Waals surface area (Å²) >= 11 is 0.872. The molecule has 1 aromatic heterocycles. The molecule has 0 radical (unpaired) electrons. The molecular formula is C25H34FN7O4S. The quantitative estimate of drug-likeness (QED) is 0.298. The largest absolute Gasteiger partial charge is 0.472 e. The summed E-state index contributed by atoms with van der Waals surface area (Å²) in [6, 6.07) is 3.71. The number of anilines is 1. The average Bonchev–Trinajstić information content (AvgIpc) is 3.63. The highest BCUT2D eigenvalue weighted by atomic mass is 32.1. The van der Waals surface area contributed by atoms with Gasteiger partial charge in [-0.15, -0.1) is 0 Å². The minimum Gasteiger partial charge on any atom is -0.472 e. The zero-order chi connectivity index (χ0) is 27.1. The maximum absolute atomic E-state index is 14.2. The summed E-state index contributed by atoms with van der Waals surface area (Å²) in [6.07, 6.45) is 2.58. The molecule has 0 bridgehead atoms. The Labute approximate surface area is 225 Å². The van der Waals surface area contributed by atoms with Crippen molar-refractivity contribution in [2.75, 3.05) is 51.1 Å². The van der Waals surface area contributed by atoms with Crippen molar-refractivity contribution in [2.24, 2.45) is 5.73 Å². The molecule has 1 saturated carbocycles. The van der Waals surface area contributed by atoms with Crippen LogP contribution >= 0.6 is 11.5 Å². The molecule has 4 amide bonds. The van der Waals surface area contributed by atoms with Gasteiger partial charge in [-0.1, -0.05) is 13.0 Å². The van der Waals surface area contributed by atoms with Gasteiger partial charge in [-0.25, -0.2) is 9.18 Å². The van der Waals surface area contributed by atoms with Crippen molar-refractivity contribution in [3.63, 3.8) is 0 Å². The second kappa shape index (κ2) is 13.0. The number of urea groups is 1. The van der Waals surface area contributed by atoms with Gasteiger partial charge in [0.2, 0.25) is 5.88 Å². The number of piperazine rings is 1. The molecule has 0 atom stereocenters. The minimum atomic E-state index is -0.807. The zero-order valence-electron chi connectivity index (χ0n) is 21.4. The van der Waals surface area contributed by atoms with Crippen LogP contribution in [0.2, 0.25) is 0 Å². The van der Waals surface area contributed by atoms with Crippen LogP contribution in [-0.2, 0) is 6.61 Å². The molecule has 0 spiro atoms. The maximum Gasteiger partial charge on any atom is 0.319 e. The van der Waals surface area contributed by atoms with E-state index in [4.69, 9.17) is 10.5 Å². The molecule has 1 aliphatic heterocycles. The molecule has 2 fully saturated rings. The van der Waals surface area contributed by atoms with Crippen LogP contribution in [0.15, 0.2) is 18.2 Å². The first kappa shape index (κ1) is 27.7. The minimum absolute atomic E-state index is 0.0441. The summed E-state index contributed by atoms with van der Waals surface area (Å²) in [5.41, 5.74) is 5.92. The maximum atomic E-state index is 14.2. The van der Waals surface area contributed by atoms with Crippen molar-refractivity contribution in [2.45, 2.75) is 38.8 Å². The molecule has 5 N–H and O–H groups in total. The van der Waals surface area contributed by atoms with Crippen LogP contribution < -0.4 is 26.4 Å². The first-order valence-electron chi connectivity index (χ1n) is 12.8. The van der Waals surface area contributed by atoms with Crippen LogP contribution in [0.25, 0.3) is 0 Å². The van der Waals surface area contributed by atoms with Gasteiger partial charge >= 0.3 is 6.03 Å². The van der Waals surface area contributed by atoms with Crippen molar-refractivity contribution in [1.82, 2.24) is 24.8 Å². The molecule has 13 heteroatoms. The summed E-state index contributed by atoms with van der Waals surface area (Å²) in [5.74, 6) is -1.96. The van der Waals surface area contributed by atoms with Crippen LogP contribution in [0.5, 0.6) is 5.88 Å². The number of ether oxygens (including phenoxy) is 1. The summed E-state index contributed by atoms with van der Waals surface area (Å²) in [4.78, 5) is 41.6. The van der Waals surface area contributed by atoms with Gasteiger partial charge in [-0.3, -0.25) is 14.9 Å². The number of likely N-dealkylation sites (N-methyl/N-ethyl adjacent to an activating group) is 1. The first-order valence-corrected chi connectivity index (χ1v) is 13.6. The number of amides is 4.